The summed E-state index contributed by atoms with van der Waals surface area (Å²) in [4.78, 5) is 21.3. The van der Waals surface area contributed by atoms with Gasteiger partial charge < -0.3 is 14.6 Å². The number of anilines is 1. The second-order valence-corrected chi connectivity index (χ2v) is 6.76. The van der Waals surface area contributed by atoms with Crippen molar-refractivity contribution in [2.45, 2.75) is 18.5 Å². The number of carbonyl (C=O) groups is 1. The Kier molecular flexibility index (Phi) is 4.01. The number of alkyl halides is 1. The van der Waals surface area contributed by atoms with Gasteiger partial charge in [-0.25, -0.2) is 9.37 Å². The molecule has 1 amide bonds. The molecule has 29 heavy (non-hydrogen) atoms. The van der Waals surface area contributed by atoms with Crippen LogP contribution in [0.5, 0.6) is 5.75 Å². The molecule has 0 unspecified atom stereocenters. The summed E-state index contributed by atoms with van der Waals surface area (Å²) in [6, 6.07) is 10.6. The Bertz CT molecular complexity index is 1220. The number of nitrogens with zero attached hydrogens (tertiary/aromatic N) is 4. The van der Waals surface area contributed by atoms with Gasteiger partial charge in [-0.05, 0) is 36.8 Å². The van der Waals surface area contributed by atoms with E-state index in [-0.39, 0.29) is 11.8 Å². The van der Waals surface area contributed by atoms with Crippen LogP contribution in [0.3, 0.4) is 0 Å². The summed E-state index contributed by atoms with van der Waals surface area (Å²) in [5.74, 6) is 0.437. The van der Waals surface area contributed by atoms with Crippen LogP contribution in [0, 0.1) is 0 Å². The topological polar surface area (TPSA) is 94.5 Å². The molecule has 9 heteroatoms. The molecule has 0 spiro atoms. The number of pyridine rings is 1. The lowest BCUT2D eigenvalue weighted by Gasteiger charge is -2.11. The van der Waals surface area contributed by atoms with Gasteiger partial charge in [-0.3, -0.25) is 9.20 Å². The number of hydrogen-bond donors (Lipinski definition) is 1. The molecule has 1 fully saturated rings. The lowest BCUT2D eigenvalue weighted by atomic mass is 10.1. The van der Waals surface area contributed by atoms with Crippen molar-refractivity contribution in [2.24, 2.45) is 0 Å². The van der Waals surface area contributed by atoms with Gasteiger partial charge in [0.05, 0.1) is 24.9 Å². The van der Waals surface area contributed by atoms with Crippen molar-refractivity contribution < 1.29 is 18.4 Å². The minimum absolute atomic E-state index is 0.291. The number of imidazole rings is 1. The minimum atomic E-state index is -0.917. The normalized spacial score (nSPS) is 18.0. The first-order valence-electron chi connectivity index (χ1n) is 9.03. The second kappa shape index (κ2) is 6.69. The van der Waals surface area contributed by atoms with Crippen molar-refractivity contribution in [1.82, 2.24) is 19.5 Å². The van der Waals surface area contributed by atoms with Crippen LogP contribution in [0.2, 0.25) is 0 Å². The number of methoxy groups -OCH3 is 1. The fraction of sp³-hybridized carbons (Fsp3) is 0.200. The van der Waals surface area contributed by atoms with E-state index in [4.69, 9.17) is 9.26 Å². The van der Waals surface area contributed by atoms with Crippen molar-refractivity contribution in [3.05, 3.63) is 60.4 Å². The molecular weight excluding hydrogens is 377 g/mol. The number of hydrogen-bond acceptors (Lipinski definition) is 6. The number of halogens is 1. The van der Waals surface area contributed by atoms with Crippen LogP contribution in [-0.2, 0) is 0 Å². The van der Waals surface area contributed by atoms with Crippen LogP contribution in [0.25, 0.3) is 17.0 Å². The largest absolute Gasteiger partial charge is 0.495 e. The predicted octanol–water partition coefficient (Wildman–Crippen LogP) is 3.47. The highest BCUT2D eigenvalue weighted by Gasteiger charge is 2.43. The molecule has 1 saturated carbocycles. The molecule has 1 aliphatic rings. The van der Waals surface area contributed by atoms with Crippen LogP contribution in [0.15, 0.2) is 53.3 Å². The van der Waals surface area contributed by atoms with Gasteiger partial charge in [0, 0.05) is 11.8 Å². The van der Waals surface area contributed by atoms with Gasteiger partial charge in [0.2, 0.25) is 11.7 Å². The third-order valence-corrected chi connectivity index (χ3v) is 4.83. The molecule has 0 bridgehead atoms. The Morgan fingerprint density at radius 3 is 3.00 bits per heavy atom. The number of aromatic nitrogens is 4. The Labute approximate surface area is 164 Å². The SMILES string of the molecule is COc1ccc(-c2noc([C@H]3C[C@@H]3F)n2)cc1NC(=O)c1cnc2ccccn12. The summed E-state index contributed by atoms with van der Waals surface area (Å²) >= 11 is 0. The molecule has 0 saturated heterocycles. The van der Waals surface area contributed by atoms with Crippen molar-refractivity contribution in [2.75, 3.05) is 12.4 Å². The zero-order chi connectivity index (χ0) is 20.0. The van der Waals surface area contributed by atoms with E-state index in [1.807, 2.05) is 18.2 Å². The lowest BCUT2D eigenvalue weighted by molar-refractivity contribution is 0.102. The Morgan fingerprint density at radius 2 is 2.21 bits per heavy atom. The number of ether oxygens (including phenoxy) is 1. The maximum atomic E-state index is 13.2. The van der Waals surface area contributed by atoms with Gasteiger partial charge in [0.25, 0.3) is 5.91 Å². The number of fused-ring (bicyclic) bond motifs is 1. The molecule has 0 aliphatic heterocycles. The van der Waals surface area contributed by atoms with E-state index in [0.717, 1.165) is 0 Å². The molecule has 1 aliphatic carbocycles. The fourth-order valence-corrected chi connectivity index (χ4v) is 3.15. The standard InChI is InChI=1S/C20H16FN5O3/c1-28-16-6-5-11(18-24-20(29-25-18)12-9-13(12)21)8-14(16)23-19(27)15-10-22-17-4-2-3-7-26(15)17/h2-8,10,12-13H,9H2,1H3,(H,23,27)/t12-,13-/m0/s1. The zero-order valence-corrected chi connectivity index (χ0v) is 15.4. The summed E-state index contributed by atoms with van der Waals surface area (Å²) in [5, 5.41) is 6.77. The summed E-state index contributed by atoms with van der Waals surface area (Å²) in [6.07, 6.45) is 2.77. The highest BCUT2D eigenvalue weighted by Crippen LogP contribution is 2.43. The van der Waals surface area contributed by atoms with Crippen LogP contribution in [0.1, 0.15) is 28.7 Å². The number of rotatable bonds is 5. The van der Waals surface area contributed by atoms with Crippen molar-refractivity contribution in [1.29, 1.82) is 0 Å². The quantitative estimate of drug-likeness (QED) is 0.558. The van der Waals surface area contributed by atoms with Gasteiger partial charge in [0.15, 0.2) is 0 Å². The molecule has 0 radical (unpaired) electrons. The van der Waals surface area contributed by atoms with Gasteiger partial charge >= 0.3 is 0 Å². The van der Waals surface area contributed by atoms with Crippen molar-refractivity contribution in [3.8, 4) is 17.1 Å². The van der Waals surface area contributed by atoms with Gasteiger partial charge in [-0.2, -0.15) is 4.98 Å². The molecule has 1 aromatic carbocycles. The zero-order valence-electron chi connectivity index (χ0n) is 15.4. The van der Waals surface area contributed by atoms with Crippen LogP contribution in [0.4, 0.5) is 10.1 Å². The molecule has 146 valence electrons. The van der Waals surface area contributed by atoms with Gasteiger partial charge in [0.1, 0.15) is 23.3 Å². The fourth-order valence-electron chi connectivity index (χ4n) is 3.15. The second-order valence-electron chi connectivity index (χ2n) is 6.76. The summed E-state index contributed by atoms with van der Waals surface area (Å²) in [5.41, 5.74) is 2.12. The van der Waals surface area contributed by atoms with Gasteiger partial charge in [-0.15, -0.1) is 0 Å². The molecule has 3 aromatic heterocycles. The smallest absolute Gasteiger partial charge is 0.274 e. The van der Waals surface area contributed by atoms with E-state index in [2.05, 4.69) is 20.4 Å². The molecule has 1 N–H and O–H groups in total. The molecule has 5 rings (SSSR count). The molecule has 2 atom stereocenters. The predicted molar refractivity (Wildman–Crippen MR) is 102 cm³/mol. The van der Waals surface area contributed by atoms with E-state index < -0.39 is 6.17 Å². The summed E-state index contributed by atoms with van der Waals surface area (Å²) < 4.78 is 25.4. The van der Waals surface area contributed by atoms with E-state index in [1.54, 1.807) is 28.8 Å². The lowest BCUT2D eigenvalue weighted by Crippen LogP contribution is -2.15. The molecular formula is C20H16FN5O3. The van der Waals surface area contributed by atoms with Crippen molar-refractivity contribution in [3.63, 3.8) is 0 Å². The van der Waals surface area contributed by atoms with Crippen LogP contribution < -0.4 is 10.1 Å². The highest BCUT2D eigenvalue weighted by atomic mass is 19.1. The Morgan fingerprint density at radius 1 is 1.34 bits per heavy atom. The first kappa shape index (κ1) is 17.4. The van der Waals surface area contributed by atoms with E-state index in [1.165, 1.54) is 13.3 Å². The number of benzene rings is 1. The van der Waals surface area contributed by atoms with Crippen LogP contribution >= 0.6 is 0 Å². The van der Waals surface area contributed by atoms with E-state index >= 15 is 0 Å². The first-order valence-corrected chi connectivity index (χ1v) is 9.03. The number of carbonyl (C=O) groups excluding carboxylic acids is 1. The molecule has 8 nitrogen and oxygen atoms in total. The van der Waals surface area contributed by atoms with Crippen molar-refractivity contribution >= 4 is 17.2 Å². The van der Waals surface area contributed by atoms with E-state index in [0.29, 0.717) is 46.5 Å². The molecule has 3 heterocycles. The maximum Gasteiger partial charge on any atom is 0.274 e. The monoisotopic (exact) mass is 393 g/mol. The maximum absolute atomic E-state index is 13.2. The Hall–Kier alpha value is -3.75. The minimum Gasteiger partial charge on any atom is -0.495 e. The van der Waals surface area contributed by atoms with Crippen LogP contribution in [-0.4, -0.2) is 38.7 Å². The highest BCUT2D eigenvalue weighted by molar-refractivity contribution is 6.04. The number of amides is 1. The average Bonchev–Trinajstić information content (AvgIpc) is 3.13. The summed E-state index contributed by atoms with van der Waals surface area (Å²) in [7, 11) is 1.51. The van der Waals surface area contributed by atoms with Gasteiger partial charge in [-0.1, -0.05) is 11.2 Å². The average molecular weight is 393 g/mol. The van der Waals surface area contributed by atoms with E-state index in [9.17, 15) is 9.18 Å². The Balaban J connectivity index is 1.45. The summed E-state index contributed by atoms with van der Waals surface area (Å²) in [6.45, 7) is 0. The first-order chi connectivity index (χ1) is 14.1. The molecule has 4 aromatic rings. The third-order valence-electron chi connectivity index (χ3n) is 4.83. The number of nitrogens with one attached hydrogen (secondary N) is 1. The third kappa shape index (κ3) is 3.10.